The van der Waals surface area contributed by atoms with Crippen LogP contribution in [0.4, 0.5) is 0 Å². The number of sulfonamides is 1. The first-order valence-electron chi connectivity index (χ1n) is 6.54. The summed E-state index contributed by atoms with van der Waals surface area (Å²) >= 11 is 0. The summed E-state index contributed by atoms with van der Waals surface area (Å²) in [6.45, 7) is 10.2. The Morgan fingerprint density at radius 1 is 1.17 bits per heavy atom. The molecule has 18 heavy (non-hydrogen) atoms. The van der Waals surface area contributed by atoms with Crippen LogP contribution in [0, 0.1) is 5.41 Å². The lowest BCUT2D eigenvalue weighted by atomic mass is 9.85. The predicted molar refractivity (Wildman–Crippen MR) is 74.9 cm³/mol. The summed E-state index contributed by atoms with van der Waals surface area (Å²) in [5.74, 6) is 0. The third kappa shape index (κ3) is 4.84. The number of nitrogens with zero attached hydrogens (tertiary/aromatic N) is 2. The van der Waals surface area contributed by atoms with Gasteiger partial charge in [-0.3, -0.25) is 0 Å². The maximum Gasteiger partial charge on any atom is 0.211 e. The second-order valence-corrected chi connectivity index (χ2v) is 8.25. The summed E-state index contributed by atoms with van der Waals surface area (Å²) < 4.78 is 24.3. The van der Waals surface area contributed by atoms with Crippen LogP contribution < -0.4 is 5.73 Å². The summed E-state index contributed by atoms with van der Waals surface area (Å²) in [7, 11) is -3.02. The van der Waals surface area contributed by atoms with E-state index in [1.165, 1.54) is 6.26 Å². The predicted octanol–water partition coefficient (Wildman–Crippen LogP) is 0.327. The van der Waals surface area contributed by atoms with Crippen molar-refractivity contribution in [3.8, 4) is 0 Å². The van der Waals surface area contributed by atoms with Gasteiger partial charge in [-0.1, -0.05) is 20.8 Å². The first kappa shape index (κ1) is 15.9. The van der Waals surface area contributed by atoms with E-state index in [1.54, 1.807) is 4.31 Å². The first-order valence-corrected chi connectivity index (χ1v) is 8.38. The molecule has 0 spiro atoms. The number of hydrogen-bond acceptors (Lipinski definition) is 4. The van der Waals surface area contributed by atoms with Crippen molar-refractivity contribution in [2.75, 3.05) is 39.0 Å². The van der Waals surface area contributed by atoms with E-state index >= 15 is 0 Å². The molecule has 1 fully saturated rings. The van der Waals surface area contributed by atoms with Gasteiger partial charge in [-0.15, -0.1) is 0 Å². The molecule has 108 valence electrons. The average molecular weight is 277 g/mol. The molecule has 0 bridgehead atoms. The minimum absolute atomic E-state index is 0.134. The van der Waals surface area contributed by atoms with Crippen molar-refractivity contribution in [2.45, 2.75) is 33.2 Å². The van der Waals surface area contributed by atoms with Crippen LogP contribution in [-0.4, -0.2) is 62.6 Å². The van der Waals surface area contributed by atoms with Gasteiger partial charge in [0.05, 0.1) is 6.26 Å². The smallest absolute Gasteiger partial charge is 0.211 e. The Bertz CT molecular complexity index is 354. The quantitative estimate of drug-likeness (QED) is 0.804. The topological polar surface area (TPSA) is 66.6 Å². The second-order valence-electron chi connectivity index (χ2n) is 6.26. The van der Waals surface area contributed by atoms with Crippen molar-refractivity contribution in [2.24, 2.45) is 11.1 Å². The molecule has 1 heterocycles. The van der Waals surface area contributed by atoms with Gasteiger partial charge < -0.3 is 10.6 Å². The Hall–Kier alpha value is -0.170. The molecule has 1 aliphatic rings. The van der Waals surface area contributed by atoms with Gasteiger partial charge >= 0.3 is 0 Å². The van der Waals surface area contributed by atoms with E-state index in [-0.39, 0.29) is 11.5 Å². The van der Waals surface area contributed by atoms with Crippen LogP contribution in [0.1, 0.15) is 27.2 Å². The van der Waals surface area contributed by atoms with Gasteiger partial charge in [0.2, 0.25) is 10.0 Å². The number of hydrogen-bond donors (Lipinski definition) is 1. The molecule has 1 rings (SSSR count). The molecule has 1 saturated heterocycles. The van der Waals surface area contributed by atoms with E-state index < -0.39 is 10.0 Å². The van der Waals surface area contributed by atoms with Crippen LogP contribution in [0.3, 0.4) is 0 Å². The molecule has 5 nitrogen and oxygen atoms in total. The highest BCUT2D eigenvalue weighted by Gasteiger charge is 2.25. The van der Waals surface area contributed by atoms with E-state index in [1.807, 2.05) is 0 Å². The van der Waals surface area contributed by atoms with Crippen LogP contribution in [0.2, 0.25) is 0 Å². The van der Waals surface area contributed by atoms with Crippen molar-refractivity contribution in [1.29, 1.82) is 0 Å². The van der Waals surface area contributed by atoms with E-state index in [0.29, 0.717) is 13.1 Å². The molecule has 0 amide bonds. The minimum Gasteiger partial charge on any atom is -0.327 e. The second kappa shape index (κ2) is 5.86. The molecular weight excluding hydrogens is 250 g/mol. The molecule has 1 unspecified atom stereocenters. The Morgan fingerprint density at radius 3 is 2.06 bits per heavy atom. The summed E-state index contributed by atoms with van der Waals surface area (Å²) in [6, 6.07) is 0.186. The van der Waals surface area contributed by atoms with Crippen molar-refractivity contribution >= 4 is 10.0 Å². The van der Waals surface area contributed by atoms with E-state index in [4.69, 9.17) is 5.73 Å². The zero-order valence-corrected chi connectivity index (χ0v) is 12.8. The fourth-order valence-electron chi connectivity index (χ4n) is 2.04. The normalized spacial score (nSPS) is 22.1. The summed E-state index contributed by atoms with van der Waals surface area (Å²) in [6.07, 6.45) is 2.24. The highest BCUT2D eigenvalue weighted by Crippen LogP contribution is 2.20. The zero-order valence-electron chi connectivity index (χ0n) is 12.0. The number of nitrogens with two attached hydrogens (primary N) is 1. The fourth-order valence-corrected chi connectivity index (χ4v) is 2.87. The standard InChI is InChI=1S/C12H27N3O2S/c1-12(2,3)11(13)5-6-14-7-9-15(10-8-14)18(4,16)17/h11H,5-10,13H2,1-4H3. The molecule has 0 aromatic heterocycles. The molecule has 0 aliphatic carbocycles. The third-order valence-corrected chi connectivity index (χ3v) is 4.97. The average Bonchev–Trinajstić information content (AvgIpc) is 2.24. The van der Waals surface area contributed by atoms with Crippen molar-refractivity contribution < 1.29 is 8.42 Å². The summed E-state index contributed by atoms with van der Waals surface area (Å²) in [5.41, 5.74) is 6.27. The van der Waals surface area contributed by atoms with Crippen molar-refractivity contribution in [3.63, 3.8) is 0 Å². The van der Waals surface area contributed by atoms with Gasteiger partial charge in [0.25, 0.3) is 0 Å². The number of piperazine rings is 1. The molecule has 0 aromatic carbocycles. The van der Waals surface area contributed by atoms with Crippen LogP contribution in [0.15, 0.2) is 0 Å². The van der Waals surface area contributed by atoms with E-state index in [0.717, 1.165) is 26.1 Å². The maximum atomic E-state index is 11.4. The van der Waals surface area contributed by atoms with Crippen LogP contribution >= 0.6 is 0 Å². The van der Waals surface area contributed by atoms with Crippen molar-refractivity contribution in [3.05, 3.63) is 0 Å². The molecular formula is C12H27N3O2S. The minimum atomic E-state index is -3.02. The Kier molecular flexibility index (Phi) is 5.17. The van der Waals surface area contributed by atoms with Crippen LogP contribution in [-0.2, 0) is 10.0 Å². The SMILES string of the molecule is CC(C)(C)C(N)CCN1CCN(S(C)(=O)=O)CC1. The monoisotopic (exact) mass is 277 g/mol. The number of rotatable bonds is 4. The molecule has 0 aromatic rings. The van der Waals surface area contributed by atoms with Crippen molar-refractivity contribution in [1.82, 2.24) is 9.21 Å². The largest absolute Gasteiger partial charge is 0.327 e. The molecule has 2 N–H and O–H groups in total. The highest BCUT2D eigenvalue weighted by atomic mass is 32.2. The lowest BCUT2D eigenvalue weighted by Crippen LogP contribution is -2.49. The van der Waals surface area contributed by atoms with Crippen LogP contribution in [0.5, 0.6) is 0 Å². The van der Waals surface area contributed by atoms with Gasteiger partial charge in [-0.2, -0.15) is 4.31 Å². The Labute approximate surface area is 111 Å². The molecule has 1 aliphatic heterocycles. The van der Waals surface area contributed by atoms with Gasteiger partial charge in [-0.05, 0) is 18.4 Å². The van der Waals surface area contributed by atoms with Gasteiger partial charge in [0.15, 0.2) is 0 Å². The van der Waals surface area contributed by atoms with Gasteiger partial charge in [0, 0.05) is 32.2 Å². The Morgan fingerprint density at radius 2 is 1.67 bits per heavy atom. The molecule has 0 radical (unpaired) electrons. The molecule has 6 heteroatoms. The zero-order chi connectivity index (χ0) is 14.0. The first-order chi connectivity index (χ1) is 8.10. The summed E-state index contributed by atoms with van der Waals surface area (Å²) in [5, 5.41) is 0. The van der Waals surface area contributed by atoms with E-state index in [9.17, 15) is 8.42 Å². The molecule has 1 atom stereocenters. The third-order valence-electron chi connectivity index (χ3n) is 3.67. The van der Waals surface area contributed by atoms with Gasteiger partial charge in [-0.25, -0.2) is 8.42 Å². The molecule has 0 saturated carbocycles. The Balaban J connectivity index is 2.33. The lowest BCUT2D eigenvalue weighted by molar-refractivity contribution is 0.172. The van der Waals surface area contributed by atoms with Crippen LogP contribution in [0.25, 0.3) is 0 Å². The fraction of sp³-hybridized carbons (Fsp3) is 1.00. The summed E-state index contributed by atoms with van der Waals surface area (Å²) in [4.78, 5) is 2.30. The van der Waals surface area contributed by atoms with E-state index in [2.05, 4.69) is 25.7 Å². The lowest BCUT2D eigenvalue weighted by Gasteiger charge is -2.35. The van der Waals surface area contributed by atoms with Gasteiger partial charge in [0.1, 0.15) is 0 Å². The highest BCUT2D eigenvalue weighted by molar-refractivity contribution is 7.88. The maximum absolute atomic E-state index is 11.4.